The number of rotatable bonds is 6. The lowest BCUT2D eigenvalue weighted by Gasteiger charge is -2.13. The normalized spacial score (nSPS) is 11.0. The molecule has 2 rings (SSSR count). The molecule has 0 radical (unpaired) electrons. The lowest BCUT2D eigenvalue weighted by atomic mass is 10.2. The van der Waals surface area contributed by atoms with Gasteiger partial charge in [-0.2, -0.15) is 0 Å². The summed E-state index contributed by atoms with van der Waals surface area (Å²) in [5, 5.41) is 0. The highest BCUT2D eigenvalue weighted by Crippen LogP contribution is 2.27. The quantitative estimate of drug-likeness (QED) is 0.708. The molecule has 2 aromatic rings. The molecule has 1 amide bonds. The van der Waals surface area contributed by atoms with Crippen LogP contribution < -0.4 is 14.9 Å². The van der Waals surface area contributed by atoms with E-state index >= 15 is 0 Å². The predicted molar refractivity (Wildman–Crippen MR) is 92.4 cm³/mol. The van der Waals surface area contributed by atoms with E-state index in [1.54, 1.807) is 24.3 Å². The van der Waals surface area contributed by atoms with Gasteiger partial charge < -0.3 is 4.74 Å². The molecule has 0 saturated heterocycles. The Balaban J connectivity index is 2.41. The lowest BCUT2D eigenvalue weighted by molar-refractivity contribution is 0.0537. The van der Waals surface area contributed by atoms with Gasteiger partial charge in [0.2, 0.25) is 0 Å². The van der Waals surface area contributed by atoms with Gasteiger partial charge in [-0.1, -0.05) is 15.9 Å². The number of nitrogens with one attached hydrogen (secondary N) is 2. The molecule has 0 heterocycles. The van der Waals surface area contributed by atoms with E-state index in [1.165, 1.54) is 32.4 Å². The van der Waals surface area contributed by atoms with Crippen LogP contribution in [0.5, 0.6) is 5.75 Å². The van der Waals surface area contributed by atoms with Crippen LogP contribution >= 0.6 is 15.9 Å². The van der Waals surface area contributed by atoms with Crippen molar-refractivity contribution in [2.75, 3.05) is 18.9 Å². The maximum atomic E-state index is 12.6. The fraction of sp³-hybridized carbons (Fsp3) is 0.133. The molecule has 24 heavy (non-hydrogen) atoms. The number of sulfonamides is 1. The van der Waals surface area contributed by atoms with Crippen molar-refractivity contribution >= 4 is 37.5 Å². The number of methoxy groups -OCH3 is 1. The molecule has 9 heteroatoms. The average molecular weight is 415 g/mol. The van der Waals surface area contributed by atoms with Gasteiger partial charge in [-0.3, -0.25) is 14.4 Å². The maximum Gasteiger partial charge on any atom is 0.274 e. The molecular formula is C15H15BrN2O5S. The maximum absolute atomic E-state index is 12.6. The second-order valence-electron chi connectivity index (χ2n) is 4.61. The number of hydrogen-bond acceptors (Lipinski definition) is 5. The minimum absolute atomic E-state index is 0.119. The Labute approximate surface area is 148 Å². The zero-order valence-electron chi connectivity index (χ0n) is 12.9. The number of carbonyl (C=O) groups excluding carboxylic acids is 1. The molecule has 0 saturated carbocycles. The van der Waals surface area contributed by atoms with Crippen molar-refractivity contribution < 1.29 is 22.8 Å². The summed E-state index contributed by atoms with van der Waals surface area (Å²) in [7, 11) is -1.32. The number of halogens is 1. The number of benzene rings is 2. The molecule has 128 valence electrons. The molecule has 0 aromatic heterocycles. The van der Waals surface area contributed by atoms with E-state index in [2.05, 4.69) is 31.0 Å². The summed E-state index contributed by atoms with van der Waals surface area (Å²) in [5.41, 5.74) is 2.63. The van der Waals surface area contributed by atoms with E-state index in [-0.39, 0.29) is 16.2 Å². The highest BCUT2D eigenvalue weighted by Gasteiger charge is 2.22. The summed E-state index contributed by atoms with van der Waals surface area (Å²) < 4.78 is 33.6. The van der Waals surface area contributed by atoms with Gasteiger partial charge in [0.05, 0.1) is 14.2 Å². The number of anilines is 1. The summed E-state index contributed by atoms with van der Waals surface area (Å²) >= 11 is 3.28. The standard InChI is InChI=1S/C15H15BrN2O5S/c1-22-13-8-3-10(15(19)17-23-2)9-14(13)24(20,21)18-12-6-4-11(16)5-7-12/h3-9,18H,1-2H3,(H,17,19). The Bertz CT molecular complexity index is 837. The van der Waals surface area contributed by atoms with Gasteiger partial charge in [0.25, 0.3) is 15.9 Å². The molecule has 0 spiro atoms. The second kappa shape index (κ2) is 7.65. The van der Waals surface area contributed by atoms with Crippen LogP contribution in [0.1, 0.15) is 10.4 Å². The largest absolute Gasteiger partial charge is 0.495 e. The van der Waals surface area contributed by atoms with Crippen molar-refractivity contribution in [3.63, 3.8) is 0 Å². The third-order valence-electron chi connectivity index (χ3n) is 3.01. The van der Waals surface area contributed by atoms with Crippen LogP contribution in [0.25, 0.3) is 0 Å². The van der Waals surface area contributed by atoms with E-state index in [9.17, 15) is 13.2 Å². The fourth-order valence-electron chi connectivity index (χ4n) is 1.91. The first-order chi connectivity index (χ1) is 11.4. The Morgan fingerprint density at radius 3 is 2.33 bits per heavy atom. The molecule has 0 fully saturated rings. The lowest BCUT2D eigenvalue weighted by Crippen LogP contribution is -2.22. The first-order valence-electron chi connectivity index (χ1n) is 6.67. The number of carbonyl (C=O) groups is 1. The minimum Gasteiger partial charge on any atom is -0.495 e. The average Bonchev–Trinajstić information content (AvgIpc) is 2.56. The topological polar surface area (TPSA) is 93.7 Å². The summed E-state index contributed by atoms with van der Waals surface area (Å²) in [5.74, 6) is -0.450. The Kier molecular flexibility index (Phi) is 5.81. The Morgan fingerprint density at radius 2 is 1.75 bits per heavy atom. The highest BCUT2D eigenvalue weighted by atomic mass is 79.9. The van der Waals surface area contributed by atoms with E-state index < -0.39 is 15.9 Å². The first-order valence-corrected chi connectivity index (χ1v) is 8.94. The van der Waals surface area contributed by atoms with Crippen LogP contribution in [0, 0.1) is 0 Å². The van der Waals surface area contributed by atoms with Crippen LogP contribution in [-0.4, -0.2) is 28.5 Å². The Morgan fingerprint density at radius 1 is 1.08 bits per heavy atom. The monoisotopic (exact) mass is 414 g/mol. The van der Waals surface area contributed by atoms with Crippen molar-refractivity contribution in [3.05, 3.63) is 52.5 Å². The zero-order valence-corrected chi connectivity index (χ0v) is 15.3. The van der Waals surface area contributed by atoms with Gasteiger partial charge in [-0.05, 0) is 42.5 Å². The molecule has 0 aliphatic rings. The predicted octanol–water partition coefficient (Wildman–Crippen LogP) is 2.55. The third kappa shape index (κ3) is 4.25. The van der Waals surface area contributed by atoms with Crippen LogP contribution in [0.4, 0.5) is 5.69 Å². The minimum atomic E-state index is -3.95. The Hall–Kier alpha value is -2.10. The number of amides is 1. The molecule has 0 bridgehead atoms. The second-order valence-corrected chi connectivity index (χ2v) is 7.18. The molecule has 0 aliphatic heterocycles. The van der Waals surface area contributed by atoms with Crippen molar-refractivity contribution in [2.24, 2.45) is 0 Å². The SMILES string of the molecule is CONC(=O)c1ccc(OC)c(S(=O)(=O)Nc2ccc(Br)cc2)c1. The van der Waals surface area contributed by atoms with E-state index in [4.69, 9.17) is 4.74 Å². The van der Waals surface area contributed by atoms with Gasteiger partial charge in [0, 0.05) is 15.7 Å². The van der Waals surface area contributed by atoms with E-state index in [0.717, 1.165) is 4.47 Å². The molecule has 0 unspecified atom stereocenters. The molecule has 0 aliphatic carbocycles. The first kappa shape index (κ1) is 18.2. The van der Waals surface area contributed by atoms with E-state index in [0.29, 0.717) is 5.69 Å². The van der Waals surface area contributed by atoms with Gasteiger partial charge >= 0.3 is 0 Å². The van der Waals surface area contributed by atoms with Gasteiger partial charge in [0.1, 0.15) is 10.6 Å². The van der Waals surface area contributed by atoms with Gasteiger partial charge in [-0.25, -0.2) is 13.9 Å². The van der Waals surface area contributed by atoms with Crippen LogP contribution in [-0.2, 0) is 14.9 Å². The van der Waals surface area contributed by atoms with Crippen LogP contribution in [0.3, 0.4) is 0 Å². The number of ether oxygens (including phenoxy) is 1. The fourth-order valence-corrected chi connectivity index (χ4v) is 3.43. The highest BCUT2D eigenvalue weighted by molar-refractivity contribution is 9.10. The van der Waals surface area contributed by atoms with Crippen LogP contribution in [0.2, 0.25) is 0 Å². The zero-order chi connectivity index (χ0) is 17.7. The van der Waals surface area contributed by atoms with Gasteiger partial charge in [-0.15, -0.1) is 0 Å². The summed E-state index contributed by atoms with van der Waals surface area (Å²) in [6, 6.07) is 10.7. The molecule has 0 atom stereocenters. The number of hydroxylamine groups is 1. The third-order valence-corrected chi connectivity index (χ3v) is 4.94. The van der Waals surface area contributed by atoms with Crippen molar-refractivity contribution in [1.82, 2.24) is 5.48 Å². The van der Waals surface area contributed by atoms with Crippen molar-refractivity contribution in [1.29, 1.82) is 0 Å². The van der Waals surface area contributed by atoms with Crippen LogP contribution in [0.15, 0.2) is 51.8 Å². The molecule has 7 nitrogen and oxygen atoms in total. The summed E-state index contributed by atoms with van der Waals surface area (Å²) in [4.78, 5) is 16.2. The molecular weight excluding hydrogens is 400 g/mol. The van der Waals surface area contributed by atoms with E-state index in [1.807, 2.05) is 0 Å². The smallest absolute Gasteiger partial charge is 0.274 e. The summed E-state index contributed by atoms with van der Waals surface area (Å²) in [6.45, 7) is 0. The summed E-state index contributed by atoms with van der Waals surface area (Å²) in [6.07, 6.45) is 0. The number of hydrogen-bond donors (Lipinski definition) is 2. The van der Waals surface area contributed by atoms with Crippen molar-refractivity contribution in [2.45, 2.75) is 4.90 Å². The van der Waals surface area contributed by atoms with Gasteiger partial charge in [0.15, 0.2) is 0 Å². The molecule has 2 aromatic carbocycles. The molecule has 2 N–H and O–H groups in total. The van der Waals surface area contributed by atoms with Crippen molar-refractivity contribution in [3.8, 4) is 5.75 Å².